The molecule has 0 spiro atoms. The van der Waals surface area contributed by atoms with Crippen LogP contribution < -0.4 is 19.6 Å². The topological polar surface area (TPSA) is 13.0 Å². The third-order valence-corrected chi connectivity index (χ3v) is 13.4. The number of rotatable bonds is 13. The molecule has 0 radical (unpaired) electrons. The van der Waals surface area contributed by atoms with Gasteiger partial charge in [-0.3, -0.25) is 0 Å². The average Bonchev–Trinajstić information content (AvgIpc) is 3.46. The number of fused-ring (bicyclic) bond motifs is 2. The van der Waals surface area contributed by atoms with E-state index >= 15 is 0 Å². The van der Waals surface area contributed by atoms with Crippen LogP contribution >= 0.6 is 0 Å². The Balaban J connectivity index is 0.906. The molecule has 342 valence electrons. The fourth-order valence-corrected chi connectivity index (χ4v) is 10.1. The minimum atomic E-state index is 1.08. The van der Waals surface area contributed by atoms with Crippen LogP contribution in [0.4, 0.5) is 68.2 Å². The number of anilines is 12. The number of para-hydroxylation sites is 6. The lowest BCUT2D eigenvalue weighted by molar-refractivity contribution is 1.27. The average molecular weight is 923 g/mol. The van der Waals surface area contributed by atoms with Crippen LogP contribution in [0.3, 0.4) is 0 Å². The summed E-state index contributed by atoms with van der Waals surface area (Å²) in [6, 6.07) is 108. The summed E-state index contributed by atoms with van der Waals surface area (Å²) in [7, 11) is 0. The lowest BCUT2D eigenvalue weighted by Crippen LogP contribution is -2.13. The first-order valence-corrected chi connectivity index (χ1v) is 24.5. The van der Waals surface area contributed by atoms with Crippen LogP contribution in [0.15, 0.2) is 303 Å². The van der Waals surface area contributed by atoms with Crippen molar-refractivity contribution < 1.29 is 0 Å². The fourth-order valence-electron chi connectivity index (χ4n) is 10.1. The Hall–Kier alpha value is -9.64. The molecule has 0 heterocycles. The van der Waals surface area contributed by atoms with Crippen molar-refractivity contribution in [2.24, 2.45) is 0 Å². The zero-order valence-electron chi connectivity index (χ0n) is 39.7. The Labute approximate surface area is 421 Å². The summed E-state index contributed by atoms with van der Waals surface area (Å²) < 4.78 is 0. The fraction of sp³-hybridized carbons (Fsp3) is 0. The molecule has 0 bridgehead atoms. The number of benzene rings is 12. The van der Waals surface area contributed by atoms with Crippen molar-refractivity contribution in [3.8, 4) is 11.1 Å². The van der Waals surface area contributed by atoms with E-state index in [0.717, 1.165) is 101 Å². The standard InChI is InChI=1S/C68H50N4/c1-7-23-53(24-8-1)69(54-25-9-2-10-26-54)65-47-49-67(63-37-21-19-35-61(63)65)71(57-31-15-5-16-32-57)59-43-39-51(40-44-59)52-41-45-60(46-42-52)72(58-33-17-6-18-34-58)68-50-48-66(62-36-20-22-38-64(62)68)70(55-27-11-3-12-28-55)56-29-13-4-14-30-56/h1-50H. The second-order valence-corrected chi connectivity index (χ2v) is 17.7. The van der Waals surface area contributed by atoms with Gasteiger partial charge in [0, 0.05) is 67.0 Å². The van der Waals surface area contributed by atoms with Gasteiger partial charge in [-0.15, -0.1) is 0 Å². The molecular formula is C68H50N4. The van der Waals surface area contributed by atoms with Gasteiger partial charge in [-0.25, -0.2) is 0 Å². The summed E-state index contributed by atoms with van der Waals surface area (Å²) in [4.78, 5) is 9.45. The van der Waals surface area contributed by atoms with E-state index < -0.39 is 0 Å². The third-order valence-electron chi connectivity index (χ3n) is 13.4. The van der Waals surface area contributed by atoms with Crippen LogP contribution in [0.5, 0.6) is 0 Å². The first-order valence-electron chi connectivity index (χ1n) is 24.5. The summed E-state index contributed by atoms with van der Waals surface area (Å²) in [5.41, 5.74) is 15.5. The second-order valence-electron chi connectivity index (χ2n) is 17.7. The van der Waals surface area contributed by atoms with Crippen LogP contribution in [-0.2, 0) is 0 Å². The van der Waals surface area contributed by atoms with Crippen molar-refractivity contribution in [2.45, 2.75) is 0 Å². The van der Waals surface area contributed by atoms with E-state index in [9.17, 15) is 0 Å². The largest absolute Gasteiger partial charge is 0.310 e. The van der Waals surface area contributed by atoms with Gasteiger partial charge in [-0.2, -0.15) is 0 Å². The summed E-state index contributed by atoms with van der Waals surface area (Å²) in [6.07, 6.45) is 0. The molecule has 0 saturated heterocycles. The Kier molecular flexibility index (Phi) is 12.0. The molecule has 0 amide bonds. The number of hydrogen-bond acceptors (Lipinski definition) is 4. The summed E-state index contributed by atoms with van der Waals surface area (Å²) >= 11 is 0. The van der Waals surface area contributed by atoms with Gasteiger partial charge in [0.1, 0.15) is 0 Å². The van der Waals surface area contributed by atoms with E-state index in [1.165, 1.54) is 0 Å². The third kappa shape index (κ3) is 8.48. The van der Waals surface area contributed by atoms with Gasteiger partial charge in [-0.1, -0.05) is 182 Å². The van der Waals surface area contributed by atoms with Crippen LogP contribution in [-0.4, -0.2) is 0 Å². The molecule has 0 aliphatic carbocycles. The van der Waals surface area contributed by atoms with Crippen molar-refractivity contribution in [3.05, 3.63) is 303 Å². The highest BCUT2D eigenvalue weighted by molar-refractivity contribution is 6.09. The monoisotopic (exact) mass is 922 g/mol. The smallest absolute Gasteiger partial charge is 0.0541 e. The van der Waals surface area contributed by atoms with Gasteiger partial charge < -0.3 is 19.6 Å². The molecule has 4 nitrogen and oxygen atoms in total. The van der Waals surface area contributed by atoms with Crippen LogP contribution in [0, 0.1) is 0 Å². The lowest BCUT2D eigenvalue weighted by atomic mass is 10.0. The minimum absolute atomic E-state index is 1.08. The van der Waals surface area contributed by atoms with Crippen molar-refractivity contribution in [1.29, 1.82) is 0 Å². The van der Waals surface area contributed by atoms with E-state index in [-0.39, 0.29) is 0 Å². The van der Waals surface area contributed by atoms with Gasteiger partial charge in [0.15, 0.2) is 0 Å². The van der Waals surface area contributed by atoms with Gasteiger partial charge in [0.05, 0.1) is 22.7 Å². The lowest BCUT2D eigenvalue weighted by Gasteiger charge is -2.31. The molecule has 0 saturated carbocycles. The zero-order chi connectivity index (χ0) is 48.1. The molecule has 0 atom stereocenters. The van der Waals surface area contributed by atoms with Gasteiger partial charge >= 0.3 is 0 Å². The van der Waals surface area contributed by atoms with E-state index in [0.29, 0.717) is 0 Å². The normalized spacial score (nSPS) is 11.1. The van der Waals surface area contributed by atoms with Crippen molar-refractivity contribution in [1.82, 2.24) is 0 Å². The zero-order valence-corrected chi connectivity index (χ0v) is 39.7. The predicted octanol–water partition coefficient (Wildman–Crippen LogP) is 19.5. The van der Waals surface area contributed by atoms with Gasteiger partial charge in [-0.05, 0) is 132 Å². The minimum Gasteiger partial charge on any atom is -0.310 e. The van der Waals surface area contributed by atoms with Gasteiger partial charge in [0.2, 0.25) is 0 Å². The molecule has 0 aliphatic rings. The molecule has 12 aromatic rings. The molecule has 0 aliphatic heterocycles. The van der Waals surface area contributed by atoms with Crippen molar-refractivity contribution in [3.63, 3.8) is 0 Å². The quantitative estimate of drug-likeness (QED) is 0.114. The SMILES string of the molecule is c1ccc(N(c2ccccc2)c2ccc(N(c3ccccc3)c3ccc(-c4ccc(N(c5ccccc5)c5ccc(N(c6ccccc6)c6ccccc6)c6ccccc56)cc4)cc3)c3ccccc23)cc1. The van der Waals surface area contributed by atoms with Crippen LogP contribution in [0.1, 0.15) is 0 Å². The van der Waals surface area contributed by atoms with Crippen molar-refractivity contribution in [2.75, 3.05) is 19.6 Å². The maximum Gasteiger partial charge on any atom is 0.0541 e. The van der Waals surface area contributed by atoms with E-state index in [1.807, 2.05) is 0 Å². The first-order chi connectivity index (χ1) is 35.8. The molecule has 0 aromatic heterocycles. The van der Waals surface area contributed by atoms with Crippen LogP contribution in [0.25, 0.3) is 32.7 Å². The molecule has 12 rings (SSSR count). The number of hydrogen-bond donors (Lipinski definition) is 0. The van der Waals surface area contributed by atoms with E-state index in [1.54, 1.807) is 0 Å². The molecular weight excluding hydrogens is 873 g/mol. The van der Waals surface area contributed by atoms with Crippen LogP contribution in [0.2, 0.25) is 0 Å². The Morgan fingerprint density at radius 2 is 0.306 bits per heavy atom. The highest BCUT2D eigenvalue weighted by Gasteiger charge is 2.23. The molecule has 72 heavy (non-hydrogen) atoms. The first kappa shape index (κ1) is 43.6. The maximum absolute atomic E-state index is 2.38. The summed E-state index contributed by atoms with van der Waals surface area (Å²) in [5.74, 6) is 0. The highest BCUT2D eigenvalue weighted by atomic mass is 15.2. The molecule has 4 heteroatoms. The summed E-state index contributed by atoms with van der Waals surface area (Å²) in [6.45, 7) is 0. The van der Waals surface area contributed by atoms with E-state index in [4.69, 9.17) is 0 Å². The molecule has 0 fully saturated rings. The van der Waals surface area contributed by atoms with Crippen molar-refractivity contribution >= 4 is 89.8 Å². The Bertz CT molecular complexity index is 3390. The summed E-state index contributed by atoms with van der Waals surface area (Å²) in [5, 5.41) is 4.64. The number of nitrogens with zero attached hydrogens (tertiary/aromatic N) is 4. The predicted molar refractivity (Wildman–Crippen MR) is 306 cm³/mol. The molecule has 0 unspecified atom stereocenters. The Morgan fingerprint density at radius 3 is 0.500 bits per heavy atom. The maximum atomic E-state index is 2.38. The highest BCUT2D eigenvalue weighted by Crippen LogP contribution is 2.47. The molecule has 12 aromatic carbocycles. The van der Waals surface area contributed by atoms with Gasteiger partial charge in [0.25, 0.3) is 0 Å². The second kappa shape index (κ2) is 19.8. The van der Waals surface area contributed by atoms with E-state index in [2.05, 4.69) is 323 Å². The molecule has 0 N–H and O–H groups in total. The Morgan fingerprint density at radius 1 is 0.139 bits per heavy atom.